The van der Waals surface area contributed by atoms with Gasteiger partial charge in [-0.25, -0.2) is 0 Å². The fraction of sp³-hybridized carbons (Fsp3) is 0.435. The van der Waals surface area contributed by atoms with Crippen molar-refractivity contribution in [2.45, 2.75) is 52.5 Å². The van der Waals surface area contributed by atoms with Crippen molar-refractivity contribution in [1.29, 1.82) is 0 Å². The molecule has 0 atom stereocenters. The third kappa shape index (κ3) is 5.91. The summed E-state index contributed by atoms with van der Waals surface area (Å²) in [5.74, 6) is -0.0327. The number of amides is 1. The lowest BCUT2D eigenvalue weighted by atomic mass is 10.1. The second-order valence-corrected chi connectivity index (χ2v) is 7.64. The van der Waals surface area contributed by atoms with Gasteiger partial charge in [0.25, 0.3) is 5.91 Å². The van der Waals surface area contributed by atoms with E-state index in [2.05, 4.69) is 23.5 Å². The van der Waals surface area contributed by atoms with Gasteiger partial charge < -0.3 is 15.0 Å². The Balaban J connectivity index is 1.56. The molecule has 27 heavy (non-hydrogen) atoms. The summed E-state index contributed by atoms with van der Waals surface area (Å²) in [6.45, 7) is 8.75. The molecule has 1 aliphatic heterocycles. The molecule has 1 amide bonds. The van der Waals surface area contributed by atoms with Gasteiger partial charge in [-0.05, 0) is 37.1 Å². The Bertz CT molecular complexity index is 734. The van der Waals surface area contributed by atoms with E-state index in [0.29, 0.717) is 18.7 Å². The van der Waals surface area contributed by atoms with E-state index in [1.54, 1.807) is 4.90 Å². The van der Waals surface area contributed by atoms with E-state index in [0.717, 1.165) is 12.1 Å². The number of carbonyl (C=O) groups excluding carboxylic acids is 1. The largest absolute Gasteiger partial charge is 0.374 e. The molecule has 0 unspecified atom stereocenters. The third-order valence-electron chi connectivity index (χ3n) is 5.11. The highest BCUT2D eigenvalue weighted by Gasteiger charge is 2.17. The fourth-order valence-corrected chi connectivity index (χ4v) is 3.52. The number of hydrogen-bond acceptors (Lipinski definition) is 2. The molecule has 1 heterocycles. The fourth-order valence-electron chi connectivity index (χ4n) is 3.52. The van der Waals surface area contributed by atoms with Crippen LogP contribution in [0.5, 0.6) is 0 Å². The van der Waals surface area contributed by atoms with Gasteiger partial charge in [0.1, 0.15) is 6.54 Å². The minimum absolute atomic E-state index is 0.0327. The van der Waals surface area contributed by atoms with Crippen molar-refractivity contribution >= 4 is 5.91 Å². The Morgan fingerprint density at radius 1 is 1.04 bits per heavy atom. The Hall–Kier alpha value is -2.17. The summed E-state index contributed by atoms with van der Waals surface area (Å²) in [6.07, 6.45) is 2.86. The summed E-state index contributed by atoms with van der Waals surface area (Å²) < 4.78 is 5.60. The van der Waals surface area contributed by atoms with Gasteiger partial charge in [0.05, 0.1) is 25.8 Å². The van der Waals surface area contributed by atoms with Crippen LogP contribution in [0, 0.1) is 0 Å². The first kappa shape index (κ1) is 19.6. The zero-order valence-corrected chi connectivity index (χ0v) is 16.5. The number of ether oxygens (including phenoxy) is 1. The summed E-state index contributed by atoms with van der Waals surface area (Å²) in [5.41, 5.74) is 4.33. The van der Waals surface area contributed by atoms with Crippen molar-refractivity contribution in [2.75, 3.05) is 13.1 Å². The standard InChI is InChI=1S/C23H30N2O2/c1-18(2)27-17-19-9-11-20(12-10-19)23(26)24-15-21-7-3-4-8-22(21)16-25-13-5-6-14-25/h3-4,7-12,18H,5-6,13-17H2,1-2H3,(H,24,26)/p+1. The van der Waals surface area contributed by atoms with Crippen molar-refractivity contribution in [2.24, 2.45) is 0 Å². The van der Waals surface area contributed by atoms with Crippen LogP contribution in [-0.4, -0.2) is 25.1 Å². The van der Waals surface area contributed by atoms with Crippen LogP contribution in [0.1, 0.15) is 53.7 Å². The summed E-state index contributed by atoms with van der Waals surface area (Å²) in [7, 11) is 0. The lowest BCUT2D eigenvalue weighted by Crippen LogP contribution is -3.08. The van der Waals surface area contributed by atoms with Gasteiger partial charge in [0, 0.05) is 30.5 Å². The predicted molar refractivity (Wildman–Crippen MR) is 108 cm³/mol. The number of rotatable bonds is 8. The van der Waals surface area contributed by atoms with E-state index in [4.69, 9.17) is 4.74 Å². The summed E-state index contributed by atoms with van der Waals surface area (Å²) in [4.78, 5) is 14.1. The molecule has 1 fully saturated rings. The van der Waals surface area contributed by atoms with Crippen molar-refractivity contribution in [3.8, 4) is 0 Å². The summed E-state index contributed by atoms with van der Waals surface area (Å²) >= 11 is 0. The molecule has 3 rings (SSSR count). The third-order valence-corrected chi connectivity index (χ3v) is 5.11. The molecule has 0 spiro atoms. The summed E-state index contributed by atoms with van der Waals surface area (Å²) in [6, 6.07) is 16.1. The summed E-state index contributed by atoms with van der Waals surface area (Å²) in [5, 5.41) is 3.07. The molecular weight excluding hydrogens is 336 g/mol. The van der Waals surface area contributed by atoms with Gasteiger partial charge in [-0.3, -0.25) is 4.79 Å². The molecule has 0 saturated carbocycles. The van der Waals surface area contributed by atoms with Crippen LogP contribution in [0.25, 0.3) is 0 Å². The molecule has 2 aromatic rings. The molecule has 0 aromatic heterocycles. The molecule has 0 radical (unpaired) electrons. The maximum atomic E-state index is 12.5. The second kappa shape index (κ2) is 9.67. The van der Waals surface area contributed by atoms with E-state index < -0.39 is 0 Å². The highest BCUT2D eigenvalue weighted by atomic mass is 16.5. The quantitative estimate of drug-likeness (QED) is 0.753. The van der Waals surface area contributed by atoms with Crippen molar-refractivity contribution in [3.63, 3.8) is 0 Å². The van der Waals surface area contributed by atoms with Crippen molar-refractivity contribution in [1.82, 2.24) is 5.32 Å². The van der Waals surface area contributed by atoms with E-state index >= 15 is 0 Å². The number of quaternary nitrogens is 1. The van der Waals surface area contributed by atoms with Crippen LogP contribution in [0.4, 0.5) is 0 Å². The first-order chi connectivity index (χ1) is 13.1. The Morgan fingerprint density at radius 3 is 2.37 bits per heavy atom. The van der Waals surface area contributed by atoms with Crippen molar-refractivity contribution < 1.29 is 14.4 Å². The minimum Gasteiger partial charge on any atom is -0.374 e. The second-order valence-electron chi connectivity index (χ2n) is 7.64. The van der Waals surface area contributed by atoms with E-state index in [-0.39, 0.29) is 12.0 Å². The SMILES string of the molecule is CC(C)OCc1ccc(C(=O)NCc2ccccc2C[NH+]2CCCC2)cc1. The molecule has 144 valence electrons. The number of likely N-dealkylation sites (tertiary alicyclic amines) is 1. The highest BCUT2D eigenvalue weighted by Crippen LogP contribution is 2.10. The van der Waals surface area contributed by atoms with Crippen LogP contribution < -0.4 is 10.2 Å². The van der Waals surface area contributed by atoms with Gasteiger partial charge in [-0.2, -0.15) is 0 Å². The minimum atomic E-state index is -0.0327. The van der Waals surface area contributed by atoms with E-state index in [1.165, 1.54) is 37.1 Å². The molecule has 2 N–H and O–H groups in total. The van der Waals surface area contributed by atoms with Gasteiger partial charge in [0.15, 0.2) is 0 Å². The average Bonchev–Trinajstić information content (AvgIpc) is 3.19. The van der Waals surface area contributed by atoms with Crippen molar-refractivity contribution in [3.05, 3.63) is 70.8 Å². The topological polar surface area (TPSA) is 42.8 Å². The first-order valence-electron chi connectivity index (χ1n) is 10.0. The molecule has 1 saturated heterocycles. The van der Waals surface area contributed by atoms with Crippen LogP contribution in [0.3, 0.4) is 0 Å². The maximum absolute atomic E-state index is 12.5. The first-order valence-corrected chi connectivity index (χ1v) is 10.0. The molecule has 0 aliphatic carbocycles. The molecule has 4 nitrogen and oxygen atoms in total. The molecule has 4 heteroatoms. The number of nitrogens with one attached hydrogen (secondary N) is 2. The smallest absolute Gasteiger partial charge is 0.251 e. The molecule has 1 aliphatic rings. The van der Waals surface area contributed by atoms with Crippen LogP contribution in [-0.2, 0) is 24.4 Å². The molecule has 0 bridgehead atoms. The van der Waals surface area contributed by atoms with Crippen LogP contribution >= 0.6 is 0 Å². The van der Waals surface area contributed by atoms with Crippen LogP contribution in [0.15, 0.2) is 48.5 Å². The van der Waals surface area contributed by atoms with Crippen LogP contribution in [0.2, 0.25) is 0 Å². The molecule has 2 aromatic carbocycles. The average molecular weight is 368 g/mol. The van der Waals surface area contributed by atoms with E-state index in [1.807, 2.05) is 44.2 Å². The Labute approximate surface area is 162 Å². The zero-order chi connectivity index (χ0) is 19.1. The lowest BCUT2D eigenvalue weighted by Gasteiger charge is -2.15. The lowest BCUT2D eigenvalue weighted by molar-refractivity contribution is -0.901. The molecular formula is C23H31N2O2+. The van der Waals surface area contributed by atoms with E-state index in [9.17, 15) is 4.79 Å². The van der Waals surface area contributed by atoms with Gasteiger partial charge in [0.2, 0.25) is 0 Å². The number of benzene rings is 2. The maximum Gasteiger partial charge on any atom is 0.251 e. The normalized spacial score (nSPS) is 14.6. The van der Waals surface area contributed by atoms with Gasteiger partial charge in [-0.1, -0.05) is 36.4 Å². The zero-order valence-electron chi connectivity index (χ0n) is 16.5. The Kier molecular flexibility index (Phi) is 7.02. The monoisotopic (exact) mass is 367 g/mol. The highest BCUT2D eigenvalue weighted by molar-refractivity contribution is 5.94. The predicted octanol–water partition coefficient (Wildman–Crippen LogP) is 2.72. The number of hydrogen-bond donors (Lipinski definition) is 2. The van der Waals surface area contributed by atoms with Gasteiger partial charge >= 0.3 is 0 Å². The van der Waals surface area contributed by atoms with Gasteiger partial charge in [-0.15, -0.1) is 0 Å². The number of carbonyl (C=O) groups is 1. The Morgan fingerprint density at radius 2 is 1.70 bits per heavy atom.